The van der Waals surface area contributed by atoms with Gasteiger partial charge in [0.1, 0.15) is 0 Å². The highest BCUT2D eigenvalue weighted by molar-refractivity contribution is 5.75. The fourth-order valence-corrected chi connectivity index (χ4v) is 0.428. The second-order valence-corrected chi connectivity index (χ2v) is 3.57. The van der Waals surface area contributed by atoms with Gasteiger partial charge in [-0.05, 0) is 0 Å². The van der Waals surface area contributed by atoms with Crippen LogP contribution in [-0.2, 0) is 19.2 Å². The minimum atomic E-state index is -1.08. The predicted molar refractivity (Wildman–Crippen MR) is 69.6 cm³/mol. The van der Waals surface area contributed by atoms with Crippen molar-refractivity contribution in [2.75, 3.05) is 0 Å². The molecule has 0 aliphatic heterocycles. The highest BCUT2D eigenvalue weighted by Crippen LogP contribution is 1.86. The lowest BCUT2D eigenvalue weighted by Gasteiger charge is -1.85. The van der Waals surface area contributed by atoms with Crippen LogP contribution in [0.5, 0.6) is 0 Å². The van der Waals surface area contributed by atoms with Gasteiger partial charge in [0.05, 0.1) is 25.7 Å². The highest BCUT2D eigenvalue weighted by atomic mass is 16.4. The summed E-state index contributed by atoms with van der Waals surface area (Å²) < 4.78 is 0. The summed E-state index contributed by atoms with van der Waals surface area (Å²) in [6.07, 6.45) is 1.45. The van der Waals surface area contributed by atoms with E-state index in [0.717, 1.165) is 0 Å². The lowest BCUT2D eigenvalue weighted by molar-refractivity contribution is -0.143. The van der Waals surface area contributed by atoms with Crippen molar-refractivity contribution in [3.8, 4) is 0 Å². The number of aliphatic carboxylic acids is 4. The Bertz CT molecular complexity index is 240. The Morgan fingerprint density at radius 1 is 0.550 bits per heavy atom. The van der Waals surface area contributed by atoms with E-state index in [9.17, 15) is 19.2 Å². The quantitative estimate of drug-likeness (QED) is 0.554. The first kappa shape index (κ1) is 23.0. The van der Waals surface area contributed by atoms with Crippen molar-refractivity contribution in [1.82, 2.24) is 0 Å². The summed E-state index contributed by atoms with van der Waals surface area (Å²) in [5, 5.41) is 31.6. The van der Waals surface area contributed by atoms with Gasteiger partial charge in [-0.15, -0.1) is 0 Å². The molecule has 0 radical (unpaired) electrons. The summed E-state index contributed by atoms with van der Waals surface area (Å²) in [7, 11) is 0. The van der Waals surface area contributed by atoms with Gasteiger partial charge in [0.2, 0.25) is 0 Å². The second-order valence-electron chi connectivity index (χ2n) is 3.57. The zero-order chi connectivity index (χ0) is 16.6. The Morgan fingerprint density at radius 3 is 0.750 bits per heavy atom. The molecule has 0 spiro atoms. The Labute approximate surface area is 117 Å². The van der Waals surface area contributed by atoms with Gasteiger partial charge in [-0.2, -0.15) is 0 Å². The van der Waals surface area contributed by atoms with E-state index in [4.69, 9.17) is 20.4 Å². The lowest BCUT2D eigenvalue weighted by Crippen LogP contribution is -2.00. The lowest BCUT2D eigenvalue weighted by atomic mass is 10.3. The number of rotatable bonds is 7. The van der Waals surface area contributed by atoms with E-state index >= 15 is 0 Å². The maximum absolute atomic E-state index is 9.64. The summed E-state index contributed by atoms with van der Waals surface area (Å²) in [6, 6.07) is 0. The standard InChI is InChI=1S/2C4H6O4.C4H10/c2*5-3(6)1-2-4(7)8;1-3-4-2/h2*1-2H2,(H,5,6)(H,7,8);3-4H2,1-2H3. The van der Waals surface area contributed by atoms with Crippen molar-refractivity contribution in [2.24, 2.45) is 0 Å². The van der Waals surface area contributed by atoms with Crippen molar-refractivity contribution in [3.63, 3.8) is 0 Å². The SMILES string of the molecule is CCCC.O=C(O)CCC(=O)O.O=C(O)CCC(=O)O. The maximum Gasteiger partial charge on any atom is 0.303 e. The summed E-state index contributed by atoms with van der Waals surface area (Å²) in [4.78, 5) is 38.6. The normalized spacial score (nSPS) is 8.30. The first-order chi connectivity index (χ1) is 9.17. The molecule has 4 N–H and O–H groups in total. The molecule has 0 fully saturated rings. The molecule has 0 heterocycles. The van der Waals surface area contributed by atoms with Crippen LogP contribution in [0.4, 0.5) is 0 Å². The molecule has 0 bridgehead atoms. The Kier molecular flexibility index (Phi) is 19.4. The Hall–Kier alpha value is -2.12. The van der Waals surface area contributed by atoms with E-state index in [0.29, 0.717) is 0 Å². The van der Waals surface area contributed by atoms with Crippen LogP contribution in [0, 0.1) is 0 Å². The van der Waals surface area contributed by atoms with Gasteiger partial charge in [0.15, 0.2) is 0 Å². The van der Waals surface area contributed by atoms with E-state index in [-0.39, 0.29) is 25.7 Å². The van der Waals surface area contributed by atoms with E-state index in [1.165, 1.54) is 12.8 Å². The summed E-state index contributed by atoms with van der Waals surface area (Å²) >= 11 is 0. The molecule has 0 aliphatic carbocycles. The van der Waals surface area contributed by atoms with Gasteiger partial charge in [0.25, 0.3) is 0 Å². The van der Waals surface area contributed by atoms with Gasteiger partial charge in [0, 0.05) is 0 Å². The van der Waals surface area contributed by atoms with E-state index in [1.807, 2.05) is 0 Å². The first-order valence-electron chi connectivity index (χ1n) is 6.04. The minimum absolute atomic E-state index is 0.296. The Balaban J connectivity index is -0.000000230. The molecule has 8 heteroatoms. The molecule has 0 aromatic carbocycles. The van der Waals surface area contributed by atoms with Crippen molar-refractivity contribution < 1.29 is 39.6 Å². The molecular formula is C12H22O8. The van der Waals surface area contributed by atoms with E-state index in [1.54, 1.807) is 0 Å². The minimum Gasteiger partial charge on any atom is -0.481 e. The van der Waals surface area contributed by atoms with Crippen molar-refractivity contribution in [3.05, 3.63) is 0 Å². The largest absolute Gasteiger partial charge is 0.481 e. The van der Waals surface area contributed by atoms with Gasteiger partial charge in [-0.25, -0.2) is 0 Å². The van der Waals surface area contributed by atoms with Crippen LogP contribution in [0.2, 0.25) is 0 Å². The van der Waals surface area contributed by atoms with E-state index in [2.05, 4.69) is 13.8 Å². The smallest absolute Gasteiger partial charge is 0.303 e. The average molecular weight is 294 g/mol. The molecule has 0 saturated carbocycles. The molecule has 0 aromatic heterocycles. The van der Waals surface area contributed by atoms with Gasteiger partial charge < -0.3 is 20.4 Å². The summed E-state index contributed by atoms with van der Waals surface area (Å²) in [5.41, 5.74) is 0. The summed E-state index contributed by atoms with van der Waals surface area (Å²) in [6.45, 7) is 4.36. The van der Waals surface area contributed by atoms with Crippen molar-refractivity contribution >= 4 is 23.9 Å². The molecule has 20 heavy (non-hydrogen) atoms. The third kappa shape index (κ3) is 44.6. The zero-order valence-corrected chi connectivity index (χ0v) is 11.7. The number of carbonyl (C=O) groups is 4. The number of hydrogen-bond acceptors (Lipinski definition) is 4. The van der Waals surface area contributed by atoms with Crippen LogP contribution in [0.1, 0.15) is 52.4 Å². The topological polar surface area (TPSA) is 149 Å². The molecular weight excluding hydrogens is 272 g/mol. The highest BCUT2D eigenvalue weighted by Gasteiger charge is 2.00. The maximum atomic E-state index is 9.64. The van der Waals surface area contributed by atoms with Gasteiger partial charge in [-0.3, -0.25) is 19.2 Å². The fourth-order valence-electron chi connectivity index (χ4n) is 0.428. The van der Waals surface area contributed by atoms with Crippen LogP contribution in [0.15, 0.2) is 0 Å². The van der Waals surface area contributed by atoms with Crippen LogP contribution in [-0.4, -0.2) is 44.3 Å². The molecule has 8 nitrogen and oxygen atoms in total. The van der Waals surface area contributed by atoms with Crippen LogP contribution in [0.25, 0.3) is 0 Å². The fraction of sp³-hybridized carbons (Fsp3) is 0.667. The number of carboxylic acid groups (broad SMARTS) is 4. The molecule has 118 valence electrons. The van der Waals surface area contributed by atoms with Gasteiger partial charge in [-0.1, -0.05) is 26.7 Å². The van der Waals surface area contributed by atoms with Crippen LogP contribution in [0.3, 0.4) is 0 Å². The molecule has 0 amide bonds. The number of unbranched alkanes of at least 4 members (excludes halogenated alkanes) is 1. The van der Waals surface area contributed by atoms with Crippen molar-refractivity contribution in [2.45, 2.75) is 52.4 Å². The molecule has 0 aromatic rings. The average Bonchev–Trinajstić information content (AvgIpc) is 2.35. The zero-order valence-electron chi connectivity index (χ0n) is 11.7. The Morgan fingerprint density at radius 2 is 0.700 bits per heavy atom. The second kappa shape index (κ2) is 16.9. The molecule has 0 rings (SSSR count). The first-order valence-corrected chi connectivity index (χ1v) is 6.04. The molecule has 0 aliphatic rings. The van der Waals surface area contributed by atoms with Crippen LogP contribution < -0.4 is 0 Å². The summed E-state index contributed by atoms with van der Waals surface area (Å²) in [5.74, 6) is -4.31. The number of carboxylic acids is 4. The van der Waals surface area contributed by atoms with Gasteiger partial charge >= 0.3 is 23.9 Å². The molecule has 0 saturated heterocycles. The molecule has 0 atom stereocenters. The van der Waals surface area contributed by atoms with Crippen LogP contribution >= 0.6 is 0 Å². The third-order valence-electron chi connectivity index (χ3n) is 1.61. The van der Waals surface area contributed by atoms with Crippen molar-refractivity contribution in [1.29, 1.82) is 0 Å². The third-order valence-corrected chi connectivity index (χ3v) is 1.61. The van der Waals surface area contributed by atoms with E-state index < -0.39 is 23.9 Å². The molecule has 0 unspecified atom stereocenters. The number of hydrogen-bond donors (Lipinski definition) is 4. The predicted octanol–water partition coefficient (Wildman–Crippen LogP) is 1.68. The monoisotopic (exact) mass is 294 g/mol.